The fraction of sp³-hybridized carbons (Fsp3) is 0.300. The number of alkyl halides is 1. The third-order valence-corrected chi connectivity index (χ3v) is 2.14. The maximum atomic E-state index is 12.7. The maximum absolute atomic E-state index is 12.7. The number of carbonyl (C=O) groups excluding carboxylic acids is 1. The van der Waals surface area contributed by atoms with E-state index in [9.17, 15) is 19.3 Å². The normalized spacial score (nSPS) is 11.9. The second kappa shape index (κ2) is 5.90. The number of nitro groups is 1. The highest BCUT2D eigenvalue weighted by atomic mass is 19.1. The predicted molar refractivity (Wildman–Crippen MR) is 57.0 cm³/mol. The number of aliphatic hydroxyl groups excluding tert-OH is 1. The molecule has 0 fully saturated rings. The minimum Gasteiger partial charge on any atom is -0.387 e. The first-order valence-corrected chi connectivity index (χ1v) is 4.79. The SMILES string of the molecule is O=C(CO)NC(CF)c1ccc([N+](=O)[O-])cc1. The summed E-state index contributed by atoms with van der Waals surface area (Å²) in [5, 5.41) is 21.2. The van der Waals surface area contributed by atoms with Crippen LogP contribution in [0.2, 0.25) is 0 Å². The van der Waals surface area contributed by atoms with E-state index in [1.807, 2.05) is 0 Å². The van der Waals surface area contributed by atoms with Crippen LogP contribution < -0.4 is 5.32 Å². The molecule has 1 aromatic carbocycles. The van der Waals surface area contributed by atoms with E-state index in [0.717, 1.165) is 0 Å². The van der Waals surface area contributed by atoms with Crippen molar-refractivity contribution in [1.82, 2.24) is 5.32 Å². The van der Waals surface area contributed by atoms with E-state index in [4.69, 9.17) is 5.11 Å². The van der Waals surface area contributed by atoms with Gasteiger partial charge in [0.25, 0.3) is 5.69 Å². The van der Waals surface area contributed by atoms with Gasteiger partial charge in [0.15, 0.2) is 0 Å². The number of nitrogens with one attached hydrogen (secondary N) is 1. The average Bonchev–Trinajstić information content (AvgIpc) is 2.35. The summed E-state index contributed by atoms with van der Waals surface area (Å²) in [6, 6.07) is 4.27. The van der Waals surface area contributed by atoms with Crippen LogP contribution in [0.3, 0.4) is 0 Å². The van der Waals surface area contributed by atoms with Gasteiger partial charge in [0, 0.05) is 12.1 Å². The number of benzene rings is 1. The first-order chi connectivity index (χ1) is 8.08. The van der Waals surface area contributed by atoms with Crippen molar-refractivity contribution in [3.8, 4) is 0 Å². The smallest absolute Gasteiger partial charge is 0.269 e. The molecule has 0 aliphatic heterocycles. The molecule has 1 rings (SSSR count). The zero-order chi connectivity index (χ0) is 12.8. The zero-order valence-corrected chi connectivity index (χ0v) is 8.80. The first-order valence-electron chi connectivity index (χ1n) is 4.79. The number of non-ortho nitro benzene ring substituents is 1. The Bertz CT molecular complexity index is 407. The molecule has 1 unspecified atom stereocenters. The van der Waals surface area contributed by atoms with Crippen LogP contribution in [0.15, 0.2) is 24.3 Å². The van der Waals surface area contributed by atoms with Gasteiger partial charge >= 0.3 is 0 Å². The Morgan fingerprint density at radius 1 is 1.47 bits per heavy atom. The summed E-state index contributed by atoms with van der Waals surface area (Å²) >= 11 is 0. The van der Waals surface area contributed by atoms with Gasteiger partial charge in [-0.2, -0.15) is 0 Å². The van der Waals surface area contributed by atoms with Gasteiger partial charge in [0.2, 0.25) is 5.91 Å². The summed E-state index contributed by atoms with van der Waals surface area (Å²) in [7, 11) is 0. The molecule has 0 saturated carbocycles. The minimum absolute atomic E-state index is 0.111. The Morgan fingerprint density at radius 3 is 2.47 bits per heavy atom. The first kappa shape index (κ1) is 13.0. The van der Waals surface area contributed by atoms with Gasteiger partial charge in [-0.25, -0.2) is 4.39 Å². The van der Waals surface area contributed by atoms with Gasteiger partial charge in [0.1, 0.15) is 13.3 Å². The third-order valence-electron chi connectivity index (χ3n) is 2.14. The second-order valence-electron chi connectivity index (χ2n) is 3.28. The summed E-state index contributed by atoms with van der Waals surface area (Å²) in [6.45, 7) is -1.59. The molecular weight excluding hydrogens is 231 g/mol. The van der Waals surface area contributed by atoms with Gasteiger partial charge < -0.3 is 10.4 Å². The number of hydrogen-bond acceptors (Lipinski definition) is 4. The highest BCUT2D eigenvalue weighted by Crippen LogP contribution is 2.18. The molecule has 1 aromatic rings. The molecule has 2 N–H and O–H groups in total. The van der Waals surface area contributed by atoms with Gasteiger partial charge in [-0.15, -0.1) is 0 Å². The average molecular weight is 242 g/mol. The van der Waals surface area contributed by atoms with E-state index in [0.29, 0.717) is 5.56 Å². The van der Waals surface area contributed by atoms with Crippen molar-refractivity contribution < 1.29 is 19.2 Å². The largest absolute Gasteiger partial charge is 0.387 e. The molecule has 0 spiro atoms. The van der Waals surface area contributed by atoms with Gasteiger partial charge in [-0.05, 0) is 5.56 Å². The number of carbonyl (C=O) groups is 1. The molecule has 0 aromatic heterocycles. The Balaban J connectivity index is 2.82. The number of hydrogen-bond donors (Lipinski definition) is 2. The topological polar surface area (TPSA) is 92.5 Å². The summed E-state index contributed by atoms with van der Waals surface area (Å²) < 4.78 is 12.7. The highest BCUT2D eigenvalue weighted by Gasteiger charge is 2.15. The standard InChI is InChI=1S/C10H11FN2O4/c11-5-9(12-10(15)6-14)7-1-3-8(4-2-7)13(16)17/h1-4,9,14H,5-6H2,(H,12,15). The van der Waals surface area contributed by atoms with Crippen LogP contribution in [-0.4, -0.2) is 29.2 Å². The van der Waals surface area contributed by atoms with E-state index in [-0.39, 0.29) is 5.69 Å². The lowest BCUT2D eigenvalue weighted by Crippen LogP contribution is -2.31. The second-order valence-corrected chi connectivity index (χ2v) is 3.28. The summed E-state index contributed by atoms with van der Waals surface area (Å²) in [6.07, 6.45) is 0. The molecule has 0 saturated heterocycles. The highest BCUT2D eigenvalue weighted by molar-refractivity contribution is 5.77. The molecule has 0 aliphatic rings. The van der Waals surface area contributed by atoms with E-state index in [1.54, 1.807) is 0 Å². The molecule has 0 aliphatic carbocycles. The summed E-state index contributed by atoms with van der Waals surface area (Å²) in [5.41, 5.74) is 0.291. The number of nitrogens with zero attached hydrogens (tertiary/aromatic N) is 1. The van der Waals surface area contributed by atoms with Crippen molar-refractivity contribution in [2.75, 3.05) is 13.3 Å². The van der Waals surface area contributed by atoms with Crippen molar-refractivity contribution in [2.45, 2.75) is 6.04 Å². The number of aliphatic hydroxyl groups is 1. The fourth-order valence-corrected chi connectivity index (χ4v) is 1.28. The molecule has 6 nitrogen and oxygen atoms in total. The van der Waals surface area contributed by atoms with Crippen molar-refractivity contribution in [1.29, 1.82) is 0 Å². The Hall–Kier alpha value is -2.02. The van der Waals surface area contributed by atoms with Crippen molar-refractivity contribution in [2.24, 2.45) is 0 Å². The molecular formula is C10H11FN2O4. The van der Waals surface area contributed by atoms with Gasteiger partial charge in [0.05, 0.1) is 11.0 Å². The molecule has 0 radical (unpaired) electrons. The lowest BCUT2D eigenvalue weighted by Gasteiger charge is -2.14. The quantitative estimate of drug-likeness (QED) is 0.587. The van der Waals surface area contributed by atoms with Crippen LogP contribution in [0, 0.1) is 10.1 Å². The van der Waals surface area contributed by atoms with Gasteiger partial charge in [-0.1, -0.05) is 12.1 Å². The molecule has 0 bridgehead atoms. The maximum Gasteiger partial charge on any atom is 0.269 e. The Morgan fingerprint density at radius 2 is 2.06 bits per heavy atom. The number of rotatable bonds is 5. The van der Waals surface area contributed by atoms with Crippen LogP contribution in [0.25, 0.3) is 0 Å². The van der Waals surface area contributed by atoms with E-state index in [1.165, 1.54) is 24.3 Å². The van der Waals surface area contributed by atoms with Crippen molar-refractivity contribution in [3.63, 3.8) is 0 Å². The minimum atomic E-state index is -0.907. The summed E-state index contributed by atoms with van der Waals surface area (Å²) in [4.78, 5) is 20.7. The van der Waals surface area contributed by atoms with Crippen LogP contribution in [-0.2, 0) is 4.79 Å². The Labute approximate surface area is 96.2 Å². The number of amides is 1. The fourth-order valence-electron chi connectivity index (χ4n) is 1.28. The van der Waals surface area contributed by atoms with E-state index < -0.39 is 30.2 Å². The zero-order valence-electron chi connectivity index (χ0n) is 8.80. The molecule has 1 atom stereocenters. The van der Waals surface area contributed by atoms with Crippen LogP contribution in [0.4, 0.5) is 10.1 Å². The predicted octanol–water partition coefficient (Wildman–Crippen LogP) is 0.714. The molecule has 17 heavy (non-hydrogen) atoms. The van der Waals surface area contributed by atoms with Crippen LogP contribution >= 0.6 is 0 Å². The molecule has 1 amide bonds. The lowest BCUT2D eigenvalue weighted by molar-refractivity contribution is -0.384. The van der Waals surface area contributed by atoms with Crippen molar-refractivity contribution >= 4 is 11.6 Å². The van der Waals surface area contributed by atoms with E-state index >= 15 is 0 Å². The van der Waals surface area contributed by atoms with Crippen LogP contribution in [0.5, 0.6) is 0 Å². The third kappa shape index (κ3) is 3.49. The number of nitro benzene ring substituents is 1. The van der Waals surface area contributed by atoms with Crippen molar-refractivity contribution in [3.05, 3.63) is 39.9 Å². The Kier molecular flexibility index (Phi) is 4.53. The molecule has 0 heterocycles. The summed E-state index contributed by atoms with van der Waals surface area (Å²) in [5.74, 6) is -0.703. The number of halogens is 1. The van der Waals surface area contributed by atoms with Gasteiger partial charge in [-0.3, -0.25) is 14.9 Å². The monoisotopic (exact) mass is 242 g/mol. The van der Waals surface area contributed by atoms with Crippen LogP contribution in [0.1, 0.15) is 11.6 Å². The molecule has 7 heteroatoms. The molecule has 92 valence electrons. The van der Waals surface area contributed by atoms with E-state index in [2.05, 4.69) is 5.32 Å². The lowest BCUT2D eigenvalue weighted by atomic mass is 10.1.